The van der Waals surface area contributed by atoms with E-state index in [2.05, 4.69) is 34.1 Å². The molecule has 0 aliphatic carbocycles. The number of benzene rings is 2. The summed E-state index contributed by atoms with van der Waals surface area (Å²) in [5.74, 6) is 1.78. The SMILES string of the molecule is CC(C)(C)OC(=O)CCCc1ccc(OCCCN2CCCCC2)cc1.NCCc1ccc(OCCCN2CCCCC2)cc1. The molecule has 2 aromatic rings. The van der Waals surface area contributed by atoms with Gasteiger partial charge in [-0.2, -0.15) is 0 Å². The number of rotatable bonds is 16. The molecule has 2 N–H and O–H groups in total. The predicted molar refractivity (Wildman–Crippen MR) is 185 cm³/mol. The first-order valence-corrected chi connectivity index (χ1v) is 17.6. The largest absolute Gasteiger partial charge is 0.494 e. The minimum atomic E-state index is -0.399. The van der Waals surface area contributed by atoms with Gasteiger partial charge in [0.1, 0.15) is 17.1 Å². The topological polar surface area (TPSA) is 77.3 Å². The fourth-order valence-electron chi connectivity index (χ4n) is 5.82. The lowest BCUT2D eigenvalue weighted by Crippen LogP contribution is -2.31. The Morgan fingerprint density at radius 1 is 0.667 bits per heavy atom. The number of piperidine rings is 2. The molecule has 0 radical (unpaired) electrons. The van der Waals surface area contributed by atoms with Gasteiger partial charge in [0.25, 0.3) is 0 Å². The van der Waals surface area contributed by atoms with Crippen LogP contribution in [0.2, 0.25) is 0 Å². The molecule has 0 bridgehead atoms. The summed E-state index contributed by atoms with van der Waals surface area (Å²) in [6.45, 7) is 15.3. The van der Waals surface area contributed by atoms with Gasteiger partial charge in [-0.05, 0) is 147 Å². The minimum absolute atomic E-state index is 0.119. The molecule has 2 aliphatic heterocycles. The van der Waals surface area contributed by atoms with Gasteiger partial charge < -0.3 is 29.7 Å². The first kappa shape index (κ1) is 36.9. The average Bonchev–Trinajstić information content (AvgIpc) is 3.03. The lowest BCUT2D eigenvalue weighted by atomic mass is 10.1. The van der Waals surface area contributed by atoms with Crippen LogP contribution in [0, 0.1) is 0 Å². The summed E-state index contributed by atoms with van der Waals surface area (Å²) >= 11 is 0. The fourth-order valence-corrected chi connectivity index (χ4v) is 5.82. The second kappa shape index (κ2) is 21.2. The minimum Gasteiger partial charge on any atom is -0.494 e. The van der Waals surface area contributed by atoms with E-state index in [1.807, 2.05) is 45.0 Å². The summed E-state index contributed by atoms with van der Waals surface area (Å²) in [6.07, 6.45) is 13.5. The lowest BCUT2D eigenvalue weighted by molar-refractivity contribution is -0.154. The Bertz CT molecular complexity index is 1040. The first-order valence-electron chi connectivity index (χ1n) is 17.6. The van der Waals surface area contributed by atoms with E-state index in [0.717, 1.165) is 63.4 Å². The molecule has 0 saturated carbocycles. The van der Waals surface area contributed by atoms with Crippen molar-refractivity contribution in [2.75, 3.05) is 59.0 Å². The highest BCUT2D eigenvalue weighted by atomic mass is 16.6. The fraction of sp³-hybridized carbons (Fsp3) is 0.658. The van der Waals surface area contributed by atoms with Crippen LogP contribution in [0.25, 0.3) is 0 Å². The van der Waals surface area contributed by atoms with Crippen molar-refractivity contribution in [1.29, 1.82) is 0 Å². The Hall–Kier alpha value is -2.61. The molecule has 7 heteroatoms. The molecule has 0 amide bonds. The smallest absolute Gasteiger partial charge is 0.306 e. The zero-order chi connectivity index (χ0) is 32.2. The number of likely N-dealkylation sites (tertiary alicyclic amines) is 2. The molecule has 2 fully saturated rings. The van der Waals surface area contributed by atoms with E-state index in [0.29, 0.717) is 13.0 Å². The van der Waals surface area contributed by atoms with E-state index in [4.69, 9.17) is 19.9 Å². The second-order valence-electron chi connectivity index (χ2n) is 13.5. The molecule has 2 aliphatic rings. The summed E-state index contributed by atoms with van der Waals surface area (Å²) in [5, 5.41) is 0. The molecule has 2 heterocycles. The second-order valence-corrected chi connectivity index (χ2v) is 13.5. The van der Waals surface area contributed by atoms with Crippen LogP contribution in [0.5, 0.6) is 11.5 Å². The number of ether oxygens (including phenoxy) is 3. The molecule has 0 aromatic heterocycles. The van der Waals surface area contributed by atoms with Crippen molar-refractivity contribution in [1.82, 2.24) is 9.80 Å². The number of carbonyl (C=O) groups excluding carboxylic acids is 1. The number of hydrogen-bond donors (Lipinski definition) is 1. The number of nitrogens with zero attached hydrogens (tertiary/aromatic N) is 2. The number of carbonyl (C=O) groups is 1. The first-order chi connectivity index (χ1) is 21.8. The highest BCUT2D eigenvalue weighted by Crippen LogP contribution is 2.17. The van der Waals surface area contributed by atoms with E-state index in [9.17, 15) is 4.79 Å². The standard InChI is InChI=1S/C22H35NO3.C16H26N2O/c1-22(2,3)26-21(24)10-7-9-19-11-13-20(14-12-19)25-18-8-17-23-15-5-4-6-16-23;17-10-9-15-5-7-16(8-6-15)19-14-4-13-18-11-2-1-3-12-18/h11-14H,4-10,15-18H2,1-3H3;5-8H,1-4,9-14,17H2. The number of nitrogens with two attached hydrogens (primary N) is 1. The molecule has 0 unspecified atom stereocenters. The Kier molecular flexibility index (Phi) is 17.4. The Morgan fingerprint density at radius 2 is 1.11 bits per heavy atom. The van der Waals surface area contributed by atoms with Crippen molar-refractivity contribution >= 4 is 5.97 Å². The van der Waals surface area contributed by atoms with Crippen LogP contribution in [0.4, 0.5) is 0 Å². The van der Waals surface area contributed by atoms with E-state index < -0.39 is 5.60 Å². The molecule has 252 valence electrons. The van der Waals surface area contributed by atoms with Gasteiger partial charge in [-0.15, -0.1) is 0 Å². The maximum absolute atomic E-state index is 11.7. The summed E-state index contributed by atoms with van der Waals surface area (Å²) in [4.78, 5) is 16.8. The molecule has 45 heavy (non-hydrogen) atoms. The summed E-state index contributed by atoms with van der Waals surface area (Å²) in [6, 6.07) is 16.6. The van der Waals surface area contributed by atoms with E-state index in [1.54, 1.807) is 0 Å². The van der Waals surface area contributed by atoms with Gasteiger partial charge in [0, 0.05) is 19.5 Å². The van der Waals surface area contributed by atoms with Gasteiger partial charge in [0.2, 0.25) is 0 Å². The van der Waals surface area contributed by atoms with Crippen LogP contribution in [0.15, 0.2) is 48.5 Å². The zero-order valence-electron chi connectivity index (χ0n) is 28.6. The summed E-state index contributed by atoms with van der Waals surface area (Å²) in [7, 11) is 0. The van der Waals surface area contributed by atoms with Crippen molar-refractivity contribution < 1.29 is 19.0 Å². The van der Waals surface area contributed by atoms with Crippen molar-refractivity contribution in [2.24, 2.45) is 5.73 Å². The van der Waals surface area contributed by atoms with Gasteiger partial charge in [-0.1, -0.05) is 37.1 Å². The number of esters is 1. The quantitative estimate of drug-likeness (QED) is 0.159. The predicted octanol–water partition coefficient (Wildman–Crippen LogP) is 7.05. The third-order valence-electron chi connectivity index (χ3n) is 8.22. The van der Waals surface area contributed by atoms with Crippen LogP contribution >= 0.6 is 0 Å². The Labute approximate surface area is 273 Å². The third-order valence-corrected chi connectivity index (χ3v) is 8.22. The molecule has 0 spiro atoms. The van der Waals surface area contributed by atoms with E-state index >= 15 is 0 Å². The van der Waals surface area contributed by atoms with Crippen LogP contribution < -0.4 is 15.2 Å². The van der Waals surface area contributed by atoms with Crippen LogP contribution in [0.1, 0.15) is 96.1 Å². The van der Waals surface area contributed by atoms with Gasteiger partial charge in [0.15, 0.2) is 0 Å². The highest BCUT2D eigenvalue weighted by molar-refractivity contribution is 5.69. The van der Waals surface area contributed by atoms with Crippen molar-refractivity contribution in [2.45, 2.75) is 103 Å². The molecular formula is C38H61N3O4. The van der Waals surface area contributed by atoms with Gasteiger partial charge >= 0.3 is 5.97 Å². The van der Waals surface area contributed by atoms with Gasteiger partial charge in [0.05, 0.1) is 13.2 Å². The van der Waals surface area contributed by atoms with Crippen LogP contribution in [-0.4, -0.2) is 80.4 Å². The Balaban J connectivity index is 0.000000257. The van der Waals surface area contributed by atoms with Gasteiger partial charge in [-0.25, -0.2) is 0 Å². The zero-order valence-corrected chi connectivity index (χ0v) is 28.6. The van der Waals surface area contributed by atoms with Gasteiger partial charge in [-0.3, -0.25) is 4.79 Å². The Morgan fingerprint density at radius 3 is 1.53 bits per heavy atom. The molecular weight excluding hydrogens is 562 g/mol. The van der Waals surface area contributed by atoms with E-state index in [1.165, 1.54) is 82.4 Å². The number of aryl methyl sites for hydroxylation is 1. The normalized spacial score (nSPS) is 16.0. The van der Waals surface area contributed by atoms with E-state index in [-0.39, 0.29) is 5.97 Å². The van der Waals surface area contributed by atoms with Crippen molar-refractivity contribution in [3.05, 3.63) is 59.7 Å². The van der Waals surface area contributed by atoms with Crippen LogP contribution in [-0.2, 0) is 22.4 Å². The average molecular weight is 624 g/mol. The molecule has 2 saturated heterocycles. The lowest BCUT2D eigenvalue weighted by Gasteiger charge is -2.26. The molecule has 4 rings (SSSR count). The third kappa shape index (κ3) is 17.0. The molecule has 0 atom stereocenters. The summed E-state index contributed by atoms with van der Waals surface area (Å²) in [5.41, 5.74) is 7.64. The maximum Gasteiger partial charge on any atom is 0.306 e. The molecule has 7 nitrogen and oxygen atoms in total. The number of hydrogen-bond acceptors (Lipinski definition) is 7. The highest BCUT2D eigenvalue weighted by Gasteiger charge is 2.15. The monoisotopic (exact) mass is 623 g/mol. The van der Waals surface area contributed by atoms with Crippen molar-refractivity contribution in [3.63, 3.8) is 0 Å². The maximum atomic E-state index is 11.7. The molecule has 2 aromatic carbocycles. The van der Waals surface area contributed by atoms with Crippen molar-refractivity contribution in [3.8, 4) is 11.5 Å². The summed E-state index contributed by atoms with van der Waals surface area (Å²) < 4.78 is 17.0. The van der Waals surface area contributed by atoms with Crippen LogP contribution in [0.3, 0.4) is 0 Å².